The van der Waals surface area contributed by atoms with Crippen LogP contribution in [0.15, 0.2) is 10.9 Å². The standard InChI is InChI=1S/C8H7ClF3N3O/c1-7(8(10,11)12)3-15-5(16)2-4(9)13-6(15)14-7/h2H,3H2,1H3,(H,13,14)/t7-/m0/s1. The lowest BCUT2D eigenvalue weighted by Gasteiger charge is -2.26. The number of halogens is 4. The Bertz CT molecular complexity index is 498. The van der Waals surface area contributed by atoms with Gasteiger partial charge in [0.05, 0.1) is 6.54 Å². The third-order valence-electron chi connectivity index (χ3n) is 2.46. The topological polar surface area (TPSA) is 46.9 Å². The van der Waals surface area contributed by atoms with Crippen molar-refractivity contribution in [2.45, 2.75) is 25.2 Å². The molecule has 0 saturated heterocycles. The average molecular weight is 254 g/mol. The summed E-state index contributed by atoms with van der Waals surface area (Å²) in [6, 6.07) is 0.981. The van der Waals surface area contributed by atoms with E-state index in [0.29, 0.717) is 0 Å². The molecule has 0 fully saturated rings. The number of rotatable bonds is 0. The SMILES string of the molecule is C[C@@]1(C(F)(F)F)Cn2c(nc(Cl)cc2=O)N1. The molecule has 1 aliphatic heterocycles. The quantitative estimate of drug-likeness (QED) is 0.715. The molecule has 0 bridgehead atoms. The molecular weight excluding hydrogens is 247 g/mol. The van der Waals surface area contributed by atoms with Crippen LogP contribution >= 0.6 is 11.6 Å². The number of nitrogens with one attached hydrogen (secondary N) is 1. The first-order valence-electron chi connectivity index (χ1n) is 4.35. The normalized spacial score (nSPS) is 24.1. The van der Waals surface area contributed by atoms with Crippen molar-refractivity contribution < 1.29 is 13.2 Å². The van der Waals surface area contributed by atoms with E-state index in [2.05, 4.69) is 10.3 Å². The summed E-state index contributed by atoms with van der Waals surface area (Å²) >= 11 is 5.49. The summed E-state index contributed by atoms with van der Waals surface area (Å²) in [6.07, 6.45) is -4.47. The summed E-state index contributed by atoms with van der Waals surface area (Å²) in [5, 5.41) is 2.05. The molecule has 1 N–H and O–H groups in total. The van der Waals surface area contributed by atoms with E-state index in [9.17, 15) is 18.0 Å². The minimum absolute atomic E-state index is 0.129. The molecule has 2 rings (SSSR count). The highest BCUT2D eigenvalue weighted by molar-refractivity contribution is 6.29. The molecule has 1 aliphatic rings. The maximum Gasteiger partial charge on any atom is 0.412 e. The van der Waals surface area contributed by atoms with Gasteiger partial charge in [0.25, 0.3) is 5.56 Å². The van der Waals surface area contributed by atoms with E-state index in [4.69, 9.17) is 11.6 Å². The first-order valence-corrected chi connectivity index (χ1v) is 4.73. The second-order valence-corrected chi connectivity index (χ2v) is 4.17. The smallest absolute Gasteiger partial charge is 0.340 e. The van der Waals surface area contributed by atoms with Gasteiger partial charge >= 0.3 is 6.18 Å². The molecule has 1 atom stereocenters. The van der Waals surface area contributed by atoms with E-state index < -0.39 is 23.8 Å². The van der Waals surface area contributed by atoms with Crippen molar-refractivity contribution in [1.82, 2.24) is 9.55 Å². The van der Waals surface area contributed by atoms with Gasteiger partial charge in [-0.05, 0) is 6.92 Å². The highest BCUT2D eigenvalue weighted by Crippen LogP contribution is 2.37. The molecule has 0 spiro atoms. The molecule has 88 valence electrons. The highest BCUT2D eigenvalue weighted by Gasteiger charge is 2.55. The summed E-state index contributed by atoms with van der Waals surface area (Å²) in [5.74, 6) is -0.155. The van der Waals surface area contributed by atoms with Crippen molar-refractivity contribution in [2.75, 3.05) is 5.32 Å². The minimum atomic E-state index is -4.47. The Morgan fingerprint density at radius 2 is 2.25 bits per heavy atom. The van der Waals surface area contributed by atoms with Crippen molar-refractivity contribution in [2.24, 2.45) is 0 Å². The second kappa shape index (κ2) is 3.13. The van der Waals surface area contributed by atoms with Crippen LogP contribution in [0.1, 0.15) is 6.92 Å². The van der Waals surface area contributed by atoms with Crippen LogP contribution in [0.5, 0.6) is 0 Å². The van der Waals surface area contributed by atoms with Crippen LogP contribution in [0.3, 0.4) is 0 Å². The molecule has 0 aliphatic carbocycles. The summed E-state index contributed by atoms with van der Waals surface area (Å²) < 4.78 is 39.0. The van der Waals surface area contributed by atoms with Gasteiger partial charge in [0.2, 0.25) is 5.95 Å². The number of nitrogens with zero attached hydrogens (tertiary/aromatic N) is 2. The van der Waals surface area contributed by atoms with Crippen LogP contribution in [0.25, 0.3) is 0 Å². The van der Waals surface area contributed by atoms with E-state index in [-0.39, 0.29) is 11.1 Å². The minimum Gasteiger partial charge on any atom is -0.340 e. The zero-order valence-electron chi connectivity index (χ0n) is 8.10. The second-order valence-electron chi connectivity index (χ2n) is 3.78. The lowest BCUT2D eigenvalue weighted by molar-refractivity contribution is -0.174. The van der Waals surface area contributed by atoms with E-state index in [1.165, 1.54) is 0 Å². The van der Waals surface area contributed by atoms with Crippen molar-refractivity contribution in [3.63, 3.8) is 0 Å². The maximum absolute atomic E-state index is 12.7. The van der Waals surface area contributed by atoms with Gasteiger partial charge in [-0.2, -0.15) is 13.2 Å². The molecule has 0 unspecified atom stereocenters. The van der Waals surface area contributed by atoms with Crippen molar-refractivity contribution in [1.29, 1.82) is 0 Å². The molecule has 2 heterocycles. The summed E-state index contributed by atoms with van der Waals surface area (Å²) in [4.78, 5) is 15.0. The van der Waals surface area contributed by atoms with Gasteiger partial charge in [-0.15, -0.1) is 0 Å². The molecule has 16 heavy (non-hydrogen) atoms. The molecular formula is C8H7ClF3N3O. The van der Waals surface area contributed by atoms with Crippen LogP contribution in [0, 0.1) is 0 Å². The predicted octanol–water partition coefficient (Wildman–Crippen LogP) is 1.64. The number of anilines is 1. The van der Waals surface area contributed by atoms with E-state index >= 15 is 0 Å². The molecule has 4 nitrogen and oxygen atoms in total. The van der Waals surface area contributed by atoms with E-state index in [0.717, 1.165) is 17.6 Å². The molecule has 0 aromatic carbocycles. The van der Waals surface area contributed by atoms with Gasteiger partial charge in [-0.3, -0.25) is 9.36 Å². The van der Waals surface area contributed by atoms with Gasteiger partial charge in [0.1, 0.15) is 5.15 Å². The largest absolute Gasteiger partial charge is 0.412 e. The molecule has 1 aromatic rings. The third kappa shape index (κ3) is 1.55. The first kappa shape index (κ1) is 11.3. The third-order valence-corrected chi connectivity index (χ3v) is 2.66. The molecule has 0 amide bonds. The van der Waals surface area contributed by atoms with Crippen molar-refractivity contribution >= 4 is 17.5 Å². The monoisotopic (exact) mass is 253 g/mol. The lowest BCUT2D eigenvalue weighted by Crippen LogP contribution is -2.48. The summed E-state index contributed by atoms with van der Waals surface area (Å²) in [5.41, 5.74) is -2.79. The van der Waals surface area contributed by atoms with E-state index in [1.54, 1.807) is 0 Å². The Morgan fingerprint density at radius 1 is 1.62 bits per heavy atom. The Labute approximate surface area is 93.0 Å². The number of hydrogen-bond acceptors (Lipinski definition) is 3. The average Bonchev–Trinajstić information content (AvgIpc) is 2.42. The highest BCUT2D eigenvalue weighted by atomic mass is 35.5. The number of hydrogen-bond donors (Lipinski definition) is 1. The van der Waals surface area contributed by atoms with Crippen LogP contribution in [-0.2, 0) is 6.54 Å². The Kier molecular flexibility index (Phi) is 2.20. The number of fused-ring (bicyclic) bond motifs is 1. The van der Waals surface area contributed by atoms with Gasteiger partial charge in [-0.1, -0.05) is 11.6 Å². The summed E-state index contributed by atoms with van der Waals surface area (Å²) in [6.45, 7) is 0.462. The molecule has 1 aromatic heterocycles. The number of aromatic nitrogens is 2. The van der Waals surface area contributed by atoms with E-state index in [1.807, 2.05) is 0 Å². The molecule has 0 radical (unpaired) electrons. The first-order chi connectivity index (χ1) is 7.23. The van der Waals surface area contributed by atoms with Gasteiger partial charge in [-0.25, -0.2) is 4.98 Å². The fourth-order valence-electron chi connectivity index (χ4n) is 1.49. The zero-order valence-corrected chi connectivity index (χ0v) is 8.85. The maximum atomic E-state index is 12.7. The van der Waals surface area contributed by atoms with Crippen LogP contribution in [-0.4, -0.2) is 21.3 Å². The Hall–Kier alpha value is -1.24. The summed E-state index contributed by atoms with van der Waals surface area (Å²) in [7, 11) is 0. The molecule has 8 heteroatoms. The predicted molar refractivity (Wildman–Crippen MR) is 51.6 cm³/mol. The van der Waals surface area contributed by atoms with Crippen LogP contribution in [0.4, 0.5) is 19.1 Å². The van der Waals surface area contributed by atoms with Crippen LogP contribution in [0.2, 0.25) is 5.15 Å². The fraction of sp³-hybridized carbons (Fsp3) is 0.500. The van der Waals surface area contributed by atoms with Gasteiger partial charge < -0.3 is 5.32 Å². The zero-order chi connectivity index (χ0) is 12.1. The van der Waals surface area contributed by atoms with Gasteiger partial charge in [0, 0.05) is 6.07 Å². The Balaban J connectivity index is 2.49. The lowest BCUT2D eigenvalue weighted by atomic mass is 10.0. The Morgan fingerprint density at radius 3 is 2.81 bits per heavy atom. The van der Waals surface area contributed by atoms with Crippen molar-refractivity contribution in [3.8, 4) is 0 Å². The van der Waals surface area contributed by atoms with Crippen molar-refractivity contribution in [3.05, 3.63) is 21.6 Å². The van der Waals surface area contributed by atoms with Crippen LogP contribution < -0.4 is 10.9 Å². The van der Waals surface area contributed by atoms with Gasteiger partial charge in [0.15, 0.2) is 5.54 Å². The molecule has 0 saturated carbocycles. The fourth-order valence-corrected chi connectivity index (χ4v) is 1.66. The number of alkyl halides is 3.